The molecule has 5 nitrogen and oxygen atoms in total. The summed E-state index contributed by atoms with van der Waals surface area (Å²) >= 11 is 0. The minimum Gasteiger partial charge on any atom is -0.396 e. The Balaban J connectivity index is 0. The lowest BCUT2D eigenvalue weighted by atomic mass is 9.86. The maximum atomic E-state index is 10.4. The number of aryl methyl sites for hydroxylation is 3. The molecule has 0 aromatic heterocycles. The molecule has 0 amide bonds. The van der Waals surface area contributed by atoms with Crippen molar-refractivity contribution in [2.24, 2.45) is 22.6 Å². The number of benzene rings is 3. The maximum absolute atomic E-state index is 10.4. The molecule has 0 bridgehead atoms. The first-order valence-corrected chi connectivity index (χ1v) is 23.1. The van der Waals surface area contributed by atoms with Crippen molar-refractivity contribution >= 4 is 0 Å². The van der Waals surface area contributed by atoms with Gasteiger partial charge in [-0.25, -0.2) is 0 Å². The summed E-state index contributed by atoms with van der Waals surface area (Å²) in [4.78, 5) is 0. The van der Waals surface area contributed by atoms with Gasteiger partial charge in [0.1, 0.15) is 0 Å². The van der Waals surface area contributed by atoms with Crippen LogP contribution in [0.25, 0.3) is 0 Å². The van der Waals surface area contributed by atoms with Crippen LogP contribution in [0.3, 0.4) is 0 Å². The van der Waals surface area contributed by atoms with E-state index in [0.717, 1.165) is 89.4 Å². The molecule has 5 heteroatoms. The molecule has 0 heterocycles. The van der Waals surface area contributed by atoms with Crippen LogP contribution in [-0.4, -0.2) is 36.5 Å². The fourth-order valence-electron chi connectivity index (χ4n) is 6.60. The molecule has 328 valence electrons. The molecule has 3 aromatic carbocycles. The van der Waals surface area contributed by atoms with Crippen molar-refractivity contribution in [3.8, 4) is 0 Å². The van der Waals surface area contributed by atoms with Gasteiger partial charge in [0.25, 0.3) is 0 Å². The van der Waals surface area contributed by atoms with Crippen molar-refractivity contribution in [1.29, 1.82) is 0 Å². The zero-order chi connectivity index (χ0) is 43.4. The van der Waals surface area contributed by atoms with Crippen LogP contribution in [0.2, 0.25) is 0 Å². The van der Waals surface area contributed by atoms with Crippen LogP contribution < -0.4 is 17.2 Å². The standard InChI is InChI=1S/C19H33N.C15H25NO.C14H23NO.2C2H6/c1-3-4-5-6-7-8-11-17(2)19-14-9-12-18(16-19)13-10-15-20;1-3-4-10-15(2,17)14-9-5-7-13(12-14)8-6-11-16;1-14(2,11-16)10-13-6-3-5-12(9-13)7-4-8-15;2*1-2/h9,12,14,16-17H,3-8,10-11,13,15,20H2,1-2H3;5,7,9,12,17H,3-4,6,8,10-11,16H2,1-2H3;3,5-6,9,16H,4,7-8,10-11,15H2,1-2H3;2*1-2H3. The molecule has 0 aliphatic carbocycles. The second-order valence-corrected chi connectivity index (χ2v) is 16.3. The highest BCUT2D eigenvalue weighted by atomic mass is 16.3. The molecule has 8 N–H and O–H groups in total. The van der Waals surface area contributed by atoms with Crippen LogP contribution in [-0.2, 0) is 31.3 Å². The summed E-state index contributed by atoms with van der Waals surface area (Å²) in [5.41, 5.74) is 23.8. The fourth-order valence-corrected chi connectivity index (χ4v) is 6.60. The van der Waals surface area contributed by atoms with E-state index in [1.54, 1.807) is 0 Å². The predicted octanol–water partition coefficient (Wildman–Crippen LogP) is 12.6. The third kappa shape index (κ3) is 28.5. The van der Waals surface area contributed by atoms with E-state index in [0.29, 0.717) is 5.92 Å². The van der Waals surface area contributed by atoms with Gasteiger partial charge >= 0.3 is 0 Å². The summed E-state index contributed by atoms with van der Waals surface area (Å²) in [6, 6.07) is 26.0. The van der Waals surface area contributed by atoms with Crippen LogP contribution >= 0.6 is 0 Å². The second kappa shape index (κ2) is 36.5. The van der Waals surface area contributed by atoms with E-state index < -0.39 is 5.60 Å². The van der Waals surface area contributed by atoms with Gasteiger partial charge in [0.05, 0.1) is 5.60 Å². The Kier molecular flexibility index (Phi) is 36.2. The Bertz CT molecular complexity index is 1320. The van der Waals surface area contributed by atoms with Gasteiger partial charge in [0.15, 0.2) is 0 Å². The lowest BCUT2D eigenvalue weighted by molar-refractivity contribution is 0.0453. The first-order valence-electron chi connectivity index (χ1n) is 23.1. The van der Waals surface area contributed by atoms with Crippen LogP contribution in [0.1, 0.15) is 192 Å². The van der Waals surface area contributed by atoms with E-state index in [4.69, 9.17) is 17.2 Å². The summed E-state index contributed by atoms with van der Waals surface area (Å²) in [5, 5.41) is 19.7. The van der Waals surface area contributed by atoms with E-state index >= 15 is 0 Å². The van der Waals surface area contributed by atoms with Crippen LogP contribution in [0, 0.1) is 5.41 Å². The number of aliphatic hydroxyl groups is 2. The van der Waals surface area contributed by atoms with Crippen molar-refractivity contribution in [2.75, 3.05) is 26.2 Å². The van der Waals surface area contributed by atoms with E-state index in [1.165, 1.54) is 72.8 Å². The van der Waals surface area contributed by atoms with E-state index in [2.05, 4.69) is 95.3 Å². The van der Waals surface area contributed by atoms with Gasteiger partial charge in [-0.15, -0.1) is 0 Å². The van der Waals surface area contributed by atoms with Crippen molar-refractivity contribution in [3.05, 3.63) is 106 Å². The van der Waals surface area contributed by atoms with E-state index in [9.17, 15) is 10.2 Å². The number of rotatable bonds is 24. The largest absolute Gasteiger partial charge is 0.396 e. The molecule has 0 aliphatic rings. The Labute approximate surface area is 354 Å². The monoisotopic (exact) mass is 792 g/mol. The molecular weight excluding hydrogens is 699 g/mol. The highest BCUT2D eigenvalue weighted by molar-refractivity contribution is 5.28. The average molecular weight is 792 g/mol. The minimum absolute atomic E-state index is 0.0352. The van der Waals surface area contributed by atoms with Gasteiger partial charge in [-0.1, -0.05) is 186 Å². The highest BCUT2D eigenvalue weighted by Gasteiger charge is 2.22. The minimum atomic E-state index is -0.700. The summed E-state index contributed by atoms with van der Waals surface area (Å²) in [6.45, 7) is 23.3. The van der Waals surface area contributed by atoms with Crippen LogP contribution in [0.5, 0.6) is 0 Å². The number of nitrogens with two attached hydrogens (primary N) is 3. The Hall–Kier alpha value is -2.54. The number of aliphatic hydroxyl groups excluding tert-OH is 1. The summed E-state index contributed by atoms with van der Waals surface area (Å²) < 4.78 is 0. The van der Waals surface area contributed by atoms with Crippen molar-refractivity contribution in [3.63, 3.8) is 0 Å². The van der Waals surface area contributed by atoms with Crippen molar-refractivity contribution < 1.29 is 10.2 Å². The highest BCUT2D eigenvalue weighted by Crippen LogP contribution is 2.28. The lowest BCUT2D eigenvalue weighted by Crippen LogP contribution is -2.21. The first-order chi connectivity index (χ1) is 27.4. The van der Waals surface area contributed by atoms with E-state index in [-0.39, 0.29) is 12.0 Å². The van der Waals surface area contributed by atoms with Gasteiger partial charge < -0.3 is 27.4 Å². The van der Waals surface area contributed by atoms with Gasteiger partial charge in [-0.05, 0) is 129 Å². The summed E-state index contributed by atoms with van der Waals surface area (Å²) in [5.74, 6) is 0.694. The fraction of sp³-hybridized carbons (Fsp3) is 0.654. The molecule has 3 rings (SSSR count). The SMILES string of the molecule is CC.CC.CC(C)(CO)Cc1cccc(CCCN)c1.CCCCC(C)(O)c1cccc(CCCN)c1.CCCCCCCCC(C)c1cccc(CCCN)c1. The van der Waals surface area contributed by atoms with E-state index in [1.807, 2.05) is 46.8 Å². The summed E-state index contributed by atoms with van der Waals surface area (Å²) in [6.07, 6.45) is 19.9. The molecular formula is C52H93N3O2. The molecule has 0 fully saturated rings. The zero-order valence-corrected chi connectivity index (χ0v) is 39.0. The maximum Gasteiger partial charge on any atom is 0.0868 e. The van der Waals surface area contributed by atoms with Gasteiger partial charge in [0, 0.05) is 6.61 Å². The van der Waals surface area contributed by atoms with Gasteiger partial charge in [-0.2, -0.15) is 0 Å². The normalized spacial score (nSPS) is 12.3. The number of hydrogen-bond acceptors (Lipinski definition) is 5. The second-order valence-electron chi connectivity index (χ2n) is 16.3. The average Bonchev–Trinajstić information content (AvgIpc) is 3.24. The number of unbranched alkanes of at least 4 members (excludes halogenated alkanes) is 6. The Morgan fingerprint density at radius 3 is 1.54 bits per heavy atom. The predicted molar refractivity (Wildman–Crippen MR) is 254 cm³/mol. The smallest absolute Gasteiger partial charge is 0.0868 e. The first kappa shape index (κ1) is 56.6. The number of hydrogen-bond donors (Lipinski definition) is 5. The molecule has 0 spiro atoms. The molecule has 57 heavy (non-hydrogen) atoms. The lowest BCUT2D eigenvalue weighted by Gasteiger charge is -2.24. The quantitative estimate of drug-likeness (QED) is 0.0579. The third-order valence-electron chi connectivity index (χ3n) is 10.2. The van der Waals surface area contributed by atoms with Gasteiger partial charge in [-0.3, -0.25) is 0 Å². The summed E-state index contributed by atoms with van der Waals surface area (Å²) in [7, 11) is 0. The van der Waals surface area contributed by atoms with Crippen molar-refractivity contribution in [1.82, 2.24) is 0 Å². The van der Waals surface area contributed by atoms with Gasteiger partial charge in [0.2, 0.25) is 0 Å². The molecule has 0 aliphatic heterocycles. The van der Waals surface area contributed by atoms with Crippen LogP contribution in [0.4, 0.5) is 0 Å². The Morgan fingerprint density at radius 2 is 1.02 bits per heavy atom. The topological polar surface area (TPSA) is 119 Å². The third-order valence-corrected chi connectivity index (χ3v) is 10.2. The van der Waals surface area contributed by atoms with Crippen LogP contribution in [0.15, 0.2) is 72.8 Å². The zero-order valence-electron chi connectivity index (χ0n) is 39.0. The Morgan fingerprint density at radius 1 is 0.561 bits per heavy atom. The van der Waals surface area contributed by atoms with Crippen molar-refractivity contribution in [2.45, 2.75) is 190 Å². The molecule has 0 radical (unpaired) electrons. The molecule has 0 saturated heterocycles. The molecule has 2 atom stereocenters. The molecule has 0 saturated carbocycles. The molecule has 2 unspecified atom stereocenters. The molecule has 3 aromatic rings.